The maximum atomic E-state index is 10.4. The number of rotatable bonds is 0. The SMILES string of the molecule is CC1=CC(=O)NC1=O.CC1=CC(=O)NC1=O.CC1=CC(=O)NC1=O.CC1=CC(=O)NC1=O.c1ccccc1. The monoisotopic (exact) mass is 522 g/mol. The van der Waals surface area contributed by atoms with Crippen LogP contribution in [0.5, 0.6) is 0 Å². The molecule has 4 heterocycles. The first-order valence-electron chi connectivity index (χ1n) is 10.9. The molecule has 0 aliphatic carbocycles. The van der Waals surface area contributed by atoms with Gasteiger partial charge in [0.05, 0.1) is 0 Å². The first-order chi connectivity index (χ1) is 17.8. The molecule has 0 fully saturated rings. The molecule has 4 aliphatic heterocycles. The second kappa shape index (κ2) is 15.0. The quantitative estimate of drug-likeness (QED) is 0.344. The molecular weight excluding hydrogens is 496 g/mol. The summed E-state index contributed by atoms with van der Waals surface area (Å²) in [6.07, 6.45) is 5.12. The molecule has 0 unspecified atom stereocenters. The molecule has 5 rings (SSSR count). The highest BCUT2D eigenvalue weighted by molar-refractivity contribution is 6.17. The van der Waals surface area contributed by atoms with Gasteiger partial charge in [0, 0.05) is 46.6 Å². The lowest BCUT2D eigenvalue weighted by Gasteiger charge is -1.84. The third kappa shape index (κ3) is 11.4. The van der Waals surface area contributed by atoms with Crippen LogP contribution in [0, 0.1) is 0 Å². The summed E-state index contributed by atoms with van der Waals surface area (Å²) < 4.78 is 0. The Bertz CT molecular complexity index is 1090. The Labute approximate surface area is 217 Å². The van der Waals surface area contributed by atoms with Gasteiger partial charge in [-0.3, -0.25) is 59.6 Å². The van der Waals surface area contributed by atoms with Crippen LogP contribution in [0.25, 0.3) is 0 Å². The molecule has 1 aromatic carbocycles. The zero-order valence-corrected chi connectivity index (χ0v) is 21.0. The van der Waals surface area contributed by atoms with Gasteiger partial charge in [-0.25, -0.2) is 0 Å². The highest BCUT2D eigenvalue weighted by atomic mass is 16.2. The second-order valence-electron chi connectivity index (χ2n) is 7.74. The van der Waals surface area contributed by atoms with E-state index in [4.69, 9.17) is 0 Å². The third-order valence-electron chi connectivity index (χ3n) is 4.44. The van der Waals surface area contributed by atoms with Gasteiger partial charge in [-0.05, 0) is 27.7 Å². The van der Waals surface area contributed by atoms with Crippen molar-refractivity contribution in [1.82, 2.24) is 21.3 Å². The molecule has 38 heavy (non-hydrogen) atoms. The molecule has 4 aliphatic rings. The fourth-order valence-corrected chi connectivity index (χ4v) is 2.42. The van der Waals surface area contributed by atoms with Crippen molar-refractivity contribution in [3.8, 4) is 0 Å². The minimum Gasteiger partial charge on any atom is -0.289 e. The van der Waals surface area contributed by atoms with Gasteiger partial charge in [0.15, 0.2) is 0 Å². The van der Waals surface area contributed by atoms with Crippen molar-refractivity contribution < 1.29 is 38.4 Å². The molecule has 1 aromatic rings. The molecule has 12 nitrogen and oxygen atoms in total. The van der Waals surface area contributed by atoms with Gasteiger partial charge >= 0.3 is 0 Å². The van der Waals surface area contributed by atoms with Gasteiger partial charge in [-0.15, -0.1) is 0 Å². The highest BCUT2D eigenvalue weighted by Gasteiger charge is 2.17. The Morgan fingerprint density at radius 1 is 0.342 bits per heavy atom. The van der Waals surface area contributed by atoms with E-state index >= 15 is 0 Å². The molecule has 12 heteroatoms. The molecule has 8 amide bonds. The normalized spacial score (nSPS) is 16.7. The largest absolute Gasteiger partial charge is 0.289 e. The summed E-state index contributed by atoms with van der Waals surface area (Å²) in [5, 5.41) is 8.38. The third-order valence-corrected chi connectivity index (χ3v) is 4.44. The van der Waals surface area contributed by atoms with Gasteiger partial charge in [-0.2, -0.15) is 0 Å². The average Bonchev–Trinajstić information content (AvgIpc) is 3.51. The molecule has 0 bridgehead atoms. The first-order valence-corrected chi connectivity index (χ1v) is 10.9. The van der Waals surface area contributed by atoms with Crippen molar-refractivity contribution in [1.29, 1.82) is 0 Å². The summed E-state index contributed by atoms with van der Waals surface area (Å²) in [6, 6.07) is 12.0. The highest BCUT2D eigenvalue weighted by Crippen LogP contribution is 1.99. The lowest BCUT2D eigenvalue weighted by Crippen LogP contribution is -2.21. The van der Waals surface area contributed by atoms with Crippen LogP contribution in [0.15, 0.2) is 83.0 Å². The minimum atomic E-state index is -0.312. The van der Waals surface area contributed by atoms with Gasteiger partial charge < -0.3 is 0 Å². The number of carbonyl (C=O) groups is 8. The first kappa shape index (κ1) is 30.8. The molecule has 0 atom stereocenters. The van der Waals surface area contributed by atoms with Crippen molar-refractivity contribution in [2.45, 2.75) is 27.7 Å². The molecule has 0 radical (unpaired) electrons. The summed E-state index contributed by atoms with van der Waals surface area (Å²) in [7, 11) is 0. The van der Waals surface area contributed by atoms with Crippen LogP contribution in [-0.2, 0) is 38.4 Å². The number of hydrogen-bond acceptors (Lipinski definition) is 8. The number of hydrogen-bond donors (Lipinski definition) is 4. The lowest BCUT2D eigenvalue weighted by atomic mass is 10.3. The Morgan fingerprint density at radius 2 is 0.500 bits per heavy atom. The predicted molar refractivity (Wildman–Crippen MR) is 134 cm³/mol. The Morgan fingerprint density at radius 3 is 0.553 bits per heavy atom. The van der Waals surface area contributed by atoms with E-state index in [0.29, 0.717) is 22.3 Å². The molecule has 0 saturated heterocycles. The fourth-order valence-electron chi connectivity index (χ4n) is 2.42. The summed E-state index contributed by atoms with van der Waals surface area (Å²) in [5.74, 6) is -2.38. The van der Waals surface area contributed by atoms with Crippen LogP contribution in [0.1, 0.15) is 27.7 Å². The lowest BCUT2D eigenvalue weighted by molar-refractivity contribution is -0.125. The van der Waals surface area contributed by atoms with Crippen molar-refractivity contribution >= 4 is 47.3 Å². The zero-order chi connectivity index (χ0) is 28.8. The van der Waals surface area contributed by atoms with Crippen LogP contribution in [-0.4, -0.2) is 47.3 Å². The number of carbonyl (C=O) groups excluding carboxylic acids is 8. The molecule has 0 aromatic heterocycles. The van der Waals surface area contributed by atoms with E-state index in [1.165, 1.54) is 24.3 Å². The molecular formula is C26H26N4O8. The molecule has 4 N–H and O–H groups in total. The molecule has 0 spiro atoms. The van der Waals surface area contributed by atoms with E-state index in [0.717, 1.165) is 0 Å². The number of nitrogens with one attached hydrogen (secondary N) is 4. The van der Waals surface area contributed by atoms with E-state index in [9.17, 15) is 38.4 Å². The Hall–Kier alpha value is -5.26. The van der Waals surface area contributed by atoms with Crippen molar-refractivity contribution in [2.24, 2.45) is 0 Å². The Kier molecular flexibility index (Phi) is 12.1. The second-order valence-corrected chi connectivity index (χ2v) is 7.74. The van der Waals surface area contributed by atoms with Gasteiger partial charge in [0.1, 0.15) is 0 Å². The van der Waals surface area contributed by atoms with E-state index in [-0.39, 0.29) is 47.3 Å². The standard InChI is InChI=1S/C6H6.4C5H5NO2/c1-2-4-6-5-3-1;4*1-3-2-4(7)6-5(3)8/h1-6H;4*2H,1H3,(H,6,7,8). The zero-order valence-electron chi connectivity index (χ0n) is 21.0. The van der Waals surface area contributed by atoms with E-state index in [2.05, 4.69) is 21.3 Å². The van der Waals surface area contributed by atoms with E-state index in [1.54, 1.807) is 27.7 Å². The average molecular weight is 523 g/mol. The van der Waals surface area contributed by atoms with E-state index < -0.39 is 0 Å². The predicted octanol–water partition coefficient (Wildman–Crippen LogP) is 0.0430. The smallest absolute Gasteiger partial charge is 0.253 e. The van der Waals surface area contributed by atoms with Crippen molar-refractivity contribution in [2.75, 3.05) is 0 Å². The van der Waals surface area contributed by atoms with Crippen molar-refractivity contribution in [3.63, 3.8) is 0 Å². The number of amides is 8. The van der Waals surface area contributed by atoms with Crippen LogP contribution in [0.4, 0.5) is 0 Å². The number of benzene rings is 1. The maximum absolute atomic E-state index is 10.4. The van der Waals surface area contributed by atoms with E-state index in [1.807, 2.05) is 36.4 Å². The maximum Gasteiger partial charge on any atom is 0.253 e. The summed E-state index contributed by atoms with van der Waals surface area (Å²) in [5.41, 5.74) is 1.93. The van der Waals surface area contributed by atoms with Crippen molar-refractivity contribution in [3.05, 3.63) is 83.0 Å². The molecule has 0 saturated carbocycles. The van der Waals surface area contributed by atoms with Gasteiger partial charge in [0.25, 0.3) is 47.3 Å². The number of imide groups is 4. The fraction of sp³-hybridized carbons (Fsp3) is 0.154. The summed E-state index contributed by atoms with van der Waals surface area (Å²) in [6.45, 7) is 6.39. The summed E-state index contributed by atoms with van der Waals surface area (Å²) >= 11 is 0. The van der Waals surface area contributed by atoms with Gasteiger partial charge in [-0.1, -0.05) is 36.4 Å². The van der Waals surface area contributed by atoms with Crippen LogP contribution in [0.3, 0.4) is 0 Å². The minimum absolute atomic E-state index is 0.282. The summed E-state index contributed by atoms with van der Waals surface area (Å²) in [4.78, 5) is 82.6. The van der Waals surface area contributed by atoms with Crippen LogP contribution in [0.2, 0.25) is 0 Å². The van der Waals surface area contributed by atoms with Gasteiger partial charge in [0.2, 0.25) is 0 Å². The van der Waals surface area contributed by atoms with Crippen LogP contribution < -0.4 is 21.3 Å². The Balaban J connectivity index is 0.000000238. The van der Waals surface area contributed by atoms with Crippen LogP contribution >= 0.6 is 0 Å². The molecule has 198 valence electrons. The topological polar surface area (TPSA) is 185 Å².